The average Bonchev–Trinajstić information content (AvgIpc) is 1.89. The molecule has 0 aromatic heterocycles. The summed E-state index contributed by atoms with van der Waals surface area (Å²) in [7, 11) is 0. The summed E-state index contributed by atoms with van der Waals surface area (Å²) in [5.74, 6) is 0.718. The second kappa shape index (κ2) is 2.87. The van der Waals surface area contributed by atoms with Gasteiger partial charge in [-0.2, -0.15) is 5.10 Å². The van der Waals surface area contributed by atoms with Crippen molar-refractivity contribution >= 4 is 23.2 Å². The second-order valence-electron chi connectivity index (χ2n) is 1.59. The molecule has 0 aromatic rings. The molecule has 0 N–H and O–H groups in total. The molecule has 1 aliphatic heterocycles. The van der Waals surface area contributed by atoms with Crippen molar-refractivity contribution in [3.8, 4) is 0 Å². The normalized spacial score (nSPS) is 18.8. The van der Waals surface area contributed by atoms with E-state index in [1.54, 1.807) is 6.21 Å². The molecule has 0 aliphatic carbocycles. The van der Waals surface area contributed by atoms with E-state index in [-0.39, 0.29) is 5.24 Å². The highest BCUT2D eigenvalue weighted by atomic mass is 32.2. The van der Waals surface area contributed by atoms with Gasteiger partial charge in [0, 0.05) is 18.5 Å². The van der Waals surface area contributed by atoms with Crippen LogP contribution in [-0.2, 0) is 0 Å². The molecule has 9 heavy (non-hydrogen) atoms. The lowest BCUT2D eigenvalue weighted by Gasteiger charge is -2.16. The Morgan fingerprint density at radius 2 is 2.78 bits per heavy atom. The Morgan fingerprint density at radius 1 is 2.00 bits per heavy atom. The molecule has 0 atom stereocenters. The van der Waals surface area contributed by atoms with Crippen LogP contribution in [0.25, 0.3) is 0 Å². The Hall–Kier alpha value is -0.510. The van der Waals surface area contributed by atoms with Crippen LogP contribution in [0.4, 0.5) is 4.79 Å². The third-order valence-electron chi connectivity index (χ3n) is 1.01. The van der Waals surface area contributed by atoms with Crippen molar-refractivity contribution in [2.75, 3.05) is 12.3 Å². The van der Waals surface area contributed by atoms with Crippen LogP contribution in [0.15, 0.2) is 5.10 Å². The molecule has 1 amide bonds. The first-order valence-corrected chi connectivity index (χ1v) is 3.80. The van der Waals surface area contributed by atoms with Crippen molar-refractivity contribution in [2.24, 2.45) is 5.10 Å². The number of carbonyl (C=O) groups is 1. The number of thioether (sulfide) groups is 1. The van der Waals surface area contributed by atoms with Gasteiger partial charge in [0.1, 0.15) is 0 Å². The lowest BCUT2D eigenvalue weighted by atomic mass is 10.7. The number of hydrogen-bond donors (Lipinski definition) is 0. The smallest absolute Gasteiger partial charge is 0.260 e. The van der Waals surface area contributed by atoms with E-state index in [1.165, 1.54) is 16.8 Å². The third-order valence-corrected chi connectivity index (χ3v) is 1.79. The highest BCUT2D eigenvalue weighted by Gasteiger charge is 2.12. The van der Waals surface area contributed by atoms with Crippen molar-refractivity contribution in [1.29, 1.82) is 0 Å². The molecule has 50 valence electrons. The quantitative estimate of drug-likeness (QED) is 0.553. The Kier molecular flexibility index (Phi) is 2.10. The lowest BCUT2D eigenvalue weighted by Crippen LogP contribution is -2.24. The third kappa shape index (κ3) is 1.45. The summed E-state index contributed by atoms with van der Waals surface area (Å²) in [4.78, 5) is 10.8. The van der Waals surface area contributed by atoms with E-state index >= 15 is 0 Å². The summed E-state index contributed by atoms with van der Waals surface area (Å²) in [6, 6.07) is 0. The highest BCUT2D eigenvalue weighted by Crippen LogP contribution is 2.11. The molecule has 0 spiro atoms. The van der Waals surface area contributed by atoms with E-state index in [2.05, 4.69) is 5.10 Å². The van der Waals surface area contributed by atoms with Crippen LogP contribution in [0.1, 0.15) is 6.92 Å². The molecule has 1 heterocycles. The van der Waals surface area contributed by atoms with Gasteiger partial charge in [-0.25, -0.2) is 5.01 Å². The molecule has 0 radical (unpaired) electrons. The van der Waals surface area contributed by atoms with E-state index in [1.807, 2.05) is 6.92 Å². The van der Waals surface area contributed by atoms with Crippen molar-refractivity contribution in [2.45, 2.75) is 6.92 Å². The van der Waals surface area contributed by atoms with E-state index in [0.29, 0.717) is 6.54 Å². The van der Waals surface area contributed by atoms with Gasteiger partial charge >= 0.3 is 5.24 Å². The number of rotatable bonds is 1. The summed E-state index contributed by atoms with van der Waals surface area (Å²) in [5, 5.41) is 5.38. The minimum atomic E-state index is 0.0556. The number of hydrogen-bond acceptors (Lipinski definition) is 3. The van der Waals surface area contributed by atoms with Gasteiger partial charge in [-0.1, -0.05) is 11.8 Å². The molecular formula is C5H8N2OS. The molecular weight excluding hydrogens is 136 g/mol. The standard InChI is InChI=1S/C5H8N2OS/c1-2-7-5(8)9-4-3-6-7/h3H,2,4H2,1H3. The van der Waals surface area contributed by atoms with Crippen LogP contribution in [0.5, 0.6) is 0 Å². The topological polar surface area (TPSA) is 32.7 Å². The predicted molar refractivity (Wildman–Crippen MR) is 38.7 cm³/mol. The zero-order valence-corrected chi connectivity index (χ0v) is 6.02. The average molecular weight is 144 g/mol. The fourth-order valence-corrected chi connectivity index (χ4v) is 1.18. The number of amides is 1. The highest BCUT2D eigenvalue weighted by molar-refractivity contribution is 8.14. The Labute approximate surface area is 58.1 Å². The van der Waals surface area contributed by atoms with Gasteiger partial charge in [0.25, 0.3) is 0 Å². The van der Waals surface area contributed by atoms with Crippen molar-refractivity contribution in [1.82, 2.24) is 5.01 Å². The maximum Gasteiger partial charge on any atom is 0.302 e. The Morgan fingerprint density at radius 3 is 3.22 bits per heavy atom. The van der Waals surface area contributed by atoms with Gasteiger partial charge in [-0.05, 0) is 6.92 Å². The molecule has 0 aromatic carbocycles. The van der Waals surface area contributed by atoms with Gasteiger partial charge in [-0.15, -0.1) is 0 Å². The van der Waals surface area contributed by atoms with Crippen LogP contribution < -0.4 is 0 Å². The Bertz CT molecular complexity index is 146. The number of carbonyl (C=O) groups excluding carboxylic acids is 1. The zero-order chi connectivity index (χ0) is 6.69. The van der Waals surface area contributed by atoms with Gasteiger partial charge in [-0.3, -0.25) is 4.79 Å². The maximum absolute atomic E-state index is 10.8. The van der Waals surface area contributed by atoms with Gasteiger partial charge in [0.15, 0.2) is 0 Å². The molecule has 0 bridgehead atoms. The SMILES string of the molecule is CCN1N=CCSC1=O. The summed E-state index contributed by atoms with van der Waals surface area (Å²) in [6.07, 6.45) is 1.75. The summed E-state index contributed by atoms with van der Waals surface area (Å²) >= 11 is 1.29. The molecule has 0 saturated carbocycles. The van der Waals surface area contributed by atoms with Crippen molar-refractivity contribution < 1.29 is 4.79 Å². The van der Waals surface area contributed by atoms with E-state index < -0.39 is 0 Å². The molecule has 0 fully saturated rings. The minimum Gasteiger partial charge on any atom is -0.260 e. The first-order valence-electron chi connectivity index (χ1n) is 2.81. The molecule has 1 aliphatic rings. The van der Waals surface area contributed by atoms with E-state index in [4.69, 9.17) is 0 Å². The van der Waals surface area contributed by atoms with Gasteiger partial charge in [0.05, 0.1) is 0 Å². The van der Waals surface area contributed by atoms with Crippen molar-refractivity contribution in [3.63, 3.8) is 0 Å². The van der Waals surface area contributed by atoms with Crippen LogP contribution in [-0.4, -0.2) is 28.8 Å². The second-order valence-corrected chi connectivity index (χ2v) is 2.56. The minimum absolute atomic E-state index is 0.0556. The maximum atomic E-state index is 10.8. The lowest BCUT2D eigenvalue weighted by molar-refractivity contribution is 0.228. The summed E-state index contributed by atoms with van der Waals surface area (Å²) in [5.41, 5.74) is 0. The predicted octanol–water partition coefficient (Wildman–Crippen LogP) is 1.16. The Balaban J connectivity index is 2.57. The first kappa shape index (κ1) is 6.61. The van der Waals surface area contributed by atoms with Gasteiger partial charge < -0.3 is 0 Å². The van der Waals surface area contributed by atoms with Crippen LogP contribution in [0.2, 0.25) is 0 Å². The van der Waals surface area contributed by atoms with Crippen LogP contribution in [0.3, 0.4) is 0 Å². The van der Waals surface area contributed by atoms with E-state index in [0.717, 1.165) is 5.75 Å². The first-order chi connectivity index (χ1) is 4.34. The molecule has 4 heteroatoms. The summed E-state index contributed by atoms with van der Waals surface area (Å²) < 4.78 is 0. The molecule has 0 unspecified atom stereocenters. The van der Waals surface area contributed by atoms with Crippen molar-refractivity contribution in [3.05, 3.63) is 0 Å². The summed E-state index contributed by atoms with van der Waals surface area (Å²) in [6.45, 7) is 2.57. The number of nitrogens with zero attached hydrogens (tertiary/aromatic N) is 2. The monoisotopic (exact) mass is 144 g/mol. The molecule has 0 saturated heterocycles. The largest absolute Gasteiger partial charge is 0.302 e. The fraction of sp³-hybridized carbons (Fsp3) is 0.600. The van der Waals surface area contributed by atoms with Crippen LogP contribution in [0, 0.1) is 0 Å². The fourth-order valence-electron chi connectivity index (χ4n) is 0.573. The van der Waals surface area contributed by atoms with Gasteiger partial charge in [0.2, 0.25) is 0 Å². The molecule has 3 nitrogen and oxygen atoms in total. The van der Waals surface area contributed by atoms with Crippen LogP contribution >= 0.6 is 11.8 Å². The number of hydrazone groups is 1. The van der Waals surface area contributed by atoms with E-state index in [9.17, 15) is 4.79 Å². The zero-order valence-electron chi connectivity index (χ0n) is 5.20. The molecule has 1 rings (SSSR count).